The van der Waals surface area contributed by atoms with Crippen molar-refractivity contribution < 1.29 is 13.2 Å². The summed E-state index contributed by atoms with van der Waals surface area (Å²) in [4.78, 5) is 2.25. The Bertz CT molecular complexity index is 561. The van der Waals surface area contributed by atoms with E-state index >= 15 is 0 Å². The molecule has 0 aliphatic rings. The van der Waals surface area contributed by atoms with E-state index in [0.29, 0.717) is 29.9 Å². The molecule has 0 fully saturated rings. The number of nitrogens with zero attached hydrogens (tertiary/aromatic N) is 2. The van der Waals surface area contributed by atoms with Crippen molar-refractivity contribution in [2.45, 2.75) is 18.2 Å². The van der Waals surface area contributed by atoms with Crippen molar-refractivity contribution in [3.8, 4) is 5.75 Å². The van der Waals surface area contributed by atoms with E-state index in [9.17, 15) is 8.42 Å². The van der Waals surface area contributed by atoms with E-state index in [1.54, 1.807) is 25.3 Å². The molecule has 0 spiro atoms. The highest BCUT2D eigenvalue weighted by Crippen LogP contribution is 2.28. The maximum atomic E-state index is 12.7. The van der Waals surface area contributed by atoms with E-state index in [4.69, 9.17) is 4.74 Å². The third-order valence-electron chi connectivity index (χ3n) is 3.03. The number of halogens is 1. The third kappa shape index (κ3) is 4.95. The zero-order valence-electron chi connectivity index (χ0n) is 13.0. The van der Waals surface area contributed by atoms with Crippen LogP contribution >= 0.6 is 15.9 Å². The van der Waals surface area contributed by atoms with Crippen LogP contribution in [0.25, 0.3) is 0 Å². The molecule has 0 radical (unpaired) electrons. The monoisotopic (exact) mass is 378 g/mol. The number of hydrogen-bond donors (Lipinski definition) is 0. The van der Waals surface area contributed by atoms with Gasteiger partial charge in [0.2, 0.25) is 10.0 Å². The standard InChI is InChI=1S/C14H23BrN2O3S/c1-5-8-17(10-9-16(2)3)21(18,19)12-6-7-14(20-4)13(15)11-12/h6-7,11H,5,8-10H2,1-4H3. The van der Waals surface area contributed by atoms with E-state index in [0.717, 1.165) is 6.42 Å². The zero-order valence-corrected chi connectivity index (χ0v) is 15.4. The van der Waals surface area contributed by atoms with Gasteiger partial charge in [-0.2, -0.15) is 4.31 Å². The van der Waals surface area contributed by atoms with Crippen molar-refractivity contribution in [2.75, 3.05) is 40.8 Å². The van der Waals surface area contributed by atoms with Gasteiger partial charge in [-0.25, -0.2) is 8.42 Å². The summed E-state index contributed by atoms with van der Waals surface area (Å²) >= 11 is 3.33. The van der Waals surface area contributed by atoms with Gasteiger partial charge in [0, 0.05) is 19.6 Å². The molecule has 0 amide bonds. The molecule has 1 aromatic rings. The molecule has 1 aromatic carbocycles. The normalized spacial score (nSPS) is 12.1. The minimum atomic E-state index is -3.49. The van der Waals surface area contributed by atoms with Crippen LogP contribution in [0.15, 0.2) is 27.6 Å². The summed E-state index contributed by atoms with van der Waals surface area (Å²) in [6.45, 7) is 3.66. The molecule has 0 atom stereocenters. The summed E-state index contributed by atoms with van der Waals surface area (Å²) in [5.74, 6) is 0.615. The van der Waals surface area contributed by atoms with E-state index in [1.165, 1.54) is 4.31 Å². The molecule has 0 aliphatic heterocycles. The van der Waals surface area contributed by atoms with Gasteiger partial charge < -0.3 is 9.64 Å². The van der Waals surface area contributed by atoms with Crippen LogP contribution in [-0.2, 0) is 10.0 Å². The summed E-state index contributed by atoms with van der Waals surface area (Å²) in [5, 5.41) is 0. The highest BCUT2D eigenvalue weighted by Gasteiger charge is 2.24. The molecule has 21 heavy (non-hydrogen) atoms. The molecule has 5 nitrogen and oxygen atoms in total. The molecule has 0 saturated heterocycles. The number of hydrogen-bond acceptors (Lipinski definition) is 4. The Balaban J connectivity index is 3.07. The van der Waals surface area contributed by atoms with Gasteiger partial charge in [0.05, 0.1) is 16.5 Å². The number of likely N-dealkylation sites (N-methyl/N-ethyl adjacent to an activating group) is 1. The molecule has 0 saturated carbocycles. The van der Waals surface area contributed by atoms with Crippen molar-refractivity contribution in [2.24, 2.45) is 0 Å². The smallest absolute Gasteiger partial charge is 0.243 e. The minimum absolute atomic E-state index is 0.280. The Morgan fingerprint density at radius 1 is 1.19 bits per heavy atom. The van der Waals surface area contributed by atoms with Crippen LogP contribution in [-0.4, -0.2) is 58.5 Å². The Kier molecular flexibility index (Phi) is 7.12. The topological polar surface area (TPSA) is 49.9 Å². The predicted molar refractivity (Wildman–Crippen MR) is 88.3 cm³/mol. The molecule has 0 aromatic heterocycles. The van der Waals surface area contributed by atoms with Crippen LogP contribution in [0, 0.1) is 0 Å². The Morgan fingerprint density at radius 3 is 2.33 bits per heavy atom. The molecule has 7 heteroatoms. The molecule has 0 aliphatic carbocycles. The van der Waals surface area contributed by atoms with Crippen LogP contribution in [0.2, 0.25) is 0 Å². The highest BCUT2D eigenvalue weighted by atomic mass is 79.9. The van der Waals surface area contributed by atoms with Gasteiger partial charge in [-0.05, 0) is 54.6 Å². The first-order chi connectivity index (χ1) is 9.82. The molecule has 0 N–H and O–H groups in total. The van der Waals surface area contributed by atoms with E-state index in [1.807, 2.05) is 25.9 Å². The first kappa shape index (κ1) is 18.4. The summed E-state index contributed by atoms with van der Waals surface area (Å²) in [6.07, 6.45) is 0.782. The molecular weight excluding hydrogens is 356 g/mol. The lowest BCUT2D eigenvalue weighted by atomic mass is 10.3. The summed E-state index contributed by atoms with van der Waals surface area (Å²) in [5.41, 5.74) is 0. The maximum absolute atomic E-state index is 12.7. The van der Waals surface area contributed by atoms with Crippen LogP contribution in [0.5, 0.6) is 5.75 Å². The highest BCUT2D eigenvalue weighted by molar-refractivity contribution is 9.10. The summed E-state index contributed by atoms with van der Waals surface area (Å²) in [7, 11) is 1.93. The van der Waals surface area contributed by atoms with Crippen molar-refractivity contribution in [3.05, 3.63) is 22.7 Å². The lowest BCUT2D eigenvalue weighted by Gasteiger charge is -2.23. The Hall–Kier alpha value is -0.630. The average molecular weight is 379 g/mol. The molecule has 1 rings (SSSR count). The quantitative estimate of drug-likeness (QED) is 0.696. The molecular formula is C14H23BrN2O3S. The largest absolute Gasteiger partial charge is 0.496 e. The van der Waals surface area contributed by atoms with Gasteiger partial charge in [-0.15, -0.1) is 0 Å². The predicted octanol–water partition coefficient (Wildman–Crippen LogP) is 2.42. The second-order valence-corrected chi connectivity index (χ2v) is 7.80. The number of benzene rings is 1. The third-order valence-corrected chi connectivity index (χ3v) is 5.55. The minimum Gasteiger partial charge on any atom is -0.496 e. The molecule has 0 bridgehead atoms. The van der Waals surface area contributed by atoms with Crippen LogP contribution < -0.4 is 4.74 Å². The fourth-order valence-corrected chi connectivity index (χ4v) is 4.11. The number of sulfonamides is 1. The Labute approximate surface area is 136 Å². The van der Waals surface area contributed by atoms with E-state index in [-0.39, 0.29) is 4.90 Å². The SMILES string of the molecule is CCCN(CCN(C)C)S(=O)(=O)c1ccc(OC)c(Br)c1. The van der Waals surface area contributed by atoms with Gasteiger partial charge in [-0.3, -0.25) is 0 Å². The van der Waals surface area contributed by atoms with Crippen LogP contribution in [0.1, 0.15) is 13.3 Å². The van der Waals surface area contributed by atoms with Gasteiger partial charge in [0.15, 0.2) is 0 Å². The number of ether oxygens (including phenoxy) is 1. The van der Waals surface area contributed by atoms with Gasteiger partial charge in [0.1, 0.15) is 5.75 Å². The van der Waals surface area contributed by atoms with Crippen LogP contribution in [0.4, 0.5) is 0 Å². The number of rotatable bonds is 8. The second kappa shape index (κ2) is 8.12. The Morgan fingerprint density at radius 2 is 1.86 bits per heavy atom. The van der Waals surface area contributed by atoms with Crippen molar-refractivity contribution in [3.63, 3.8) is 0 Å². The first-order valence-electron chi connectivity index (χ1n) is 6.81. The molecule has 0 unspecified atom stereocenters. The fourth-order valence-electron chi connectivity index (χ4n) is 1.87. The van der Waals surface area contributed by atoms with Crippen molar-refractivity contribution in [1.29, 1.82) is 0 Å². The lowest BCUT2D eigenvalue weighted by Crippen LogP contribution is -2.37. The number of methoxy groups -OCH3 is 1. The first-order valence-corrected chi connectivity index (χ1v) is 9.04. The molecule has 120 valence electrons. The maximum Gasteiger partial charge on any atom is 0.243 e. The van der Waals surface area contributed by atoms with Gasteiger partial charge >= 0.3 is 0 Å². The second-order valence-electron chi connectivity index (χ2n) is 5.00. The van der Waals surface area contributed by atoms with Crippen LogP contribution in [0.3, 0.4) is 0 Å². The van der Waals surface area contributed by atoms with Crippen molar-refractivity contribution in [1.82, 2.24) is 9.21 Å². The molecule has 0 heterocycles. The van der Waals surface area contributed by atoms with Gasteiger partial charge in [0.25, 0.3) is 0 Å². The fraction of sp³-hybridized carbons (Fsp3) is 0.571. The van der Waals surface area contributed by atoms with Gasteiger partial charge in [-0.1, -0.05) is 6.92 Å². The average Bonchev–Trinajstić information content (AvgIpc) is 2.42. The van der Waals surface area contributed by atoms with Crippen molar-refractivity contribution >= 4 is 26.0 Å². The van der Waals surface area contributed by atoms with E-state index < -0.39 is 10.0 Å². The lowest BCUT2D eigenvalue weighted by molar-refractivity contribution is 0.333. The summed E-state index contributed by atoms with van der Waals surface area (Å²) < 4.78 is 32.8. The van der Waals surface area contributed by atoms with E-state index in [2.05, 4.69) is 15.9 Å². The zero-order chi connectivity index (χ0) is 16.0. The summed E-state index contributed by atoms with van der Waals surface area (Å²) in [6, 6.07) is 4.83.